The molecule has 2 heterocycles. The van der Waals surface area contributed by atoms with E-state index in [1.807, 2.05) is 0 Å². The molecule has 12 heavy (non-hydrogen) atoms. The minimum atomic E-state index is 0.945. The molecule has 1 N–H and O–H groups in total. The maximum Gasteiger partial charge on any atom is 0.0590 e. The topological polar surface area (TPSA) is 24.9 Å². The molecule has 0 amide bonds. The van der Waals surface area contributed by atoms with Gasteiger partial charge in [-0.2, -0.15) is 0 Å². The van der Waals surface area contributed by atoms with E-state index in [0.29, 0.717) is 0 Å². The van der Waals surface area contributed by atoms with Gasteiger partial charge in [0.2, 0.25) is 0 Å². The van der Waals surface area contributed by atoms with Crippen LogP contribution in [-0.2, 0) is 19.5 Å². The fraction of sp³-hybridized carbons (Fsp3) is 0.500. The van der Waals surface area contributed by atoms with Crippen molar-refractivity contribution in [3.05, 3.63) is 28.6 Å². The Labute approximate surface area is 73.0 Å². The van der Waals surface area contributed by atoms with Crippen LogP contribution in [0.3, 0.4) is 0 Å². The second-order valence-electron chi connectivity index (χ2n) is 3.30. The van der Waals surface area contributed by atoms with E-state index >= 15 is 0 Å². The van der Waals surface area contributed by atoms with Crippen LogP contribution in [0.4, 0.5) is 0 Å². The zero-order chi connectivity index (χ0) is 8.55. The molecule has 0 fully saturated rings. The lowest BCUT2D eigenvalue weighted by Gasteiger charge is -2.04. The van der Waals surface area contributed by atoms with Crippen LogP contribution < -0.4 is 5.32 Å². The number of aryl methyl sites for hydroxylation is 2. The minimum Gasteiger partial charge on any atom is -0.307 e. The molecule has 1 aliphatic heterocycles. The fourth-order valence-corrected chi connectivity index (χ4v) is 1.72. The smallest absolute Gasteiger partial charge is 0.0590 e. The van der Waals surface area contributed by atoms with Gasteiger partial charge in [0.15, 0.2) is 0 Å². The molecule has 0 aromatic carbocycles. The summed E-state index contributed by atoms with van der Waals surface area (Å²) in [5.74, 6) is 0. The third-order valence-electron chi connectivity index (χ3n) is 2.48. The van der Waals surface area contributed by atoms with Crippen LogP contribution in [0.15, 0.2) is 6.07 Å². The van der Waals surface area contributed by atoms with Gasteiger partial charge in [0.05, 0.1) is 5.69 Å². The summed E-state index contributed by atoms with van der Waals surface area (Å²) in [6.07, 6.45) is 1.09. The maximum atomic E-state index is 4.56. The van der Waals surface area contributed by atoms with Gasteiger partial charge in [0, 0.05) is 18.8 Å². The monoisotopic (exact) mass is 162 g/mol. The van der Waals surface area contributed by atoms with E-state index in [1.165, 1.54) is 22.5 Å². The summed E-state index contributed by atoms with van der Waals surface area (Å²) < 4.78 is 0. The second-order valence-corrected chi connectivity index (χ2v) is 3.30. The van der Waals surface area contributed by atoms with E-state index in [0.717, 1.165) is 19.5 Å². The summed E-state index contributed by atoms with van der Waals surface area (Å²) >= 11 is 0. The van der Waals surface area contributed by atoms with E-state index in [4.69, 9.17) is 0 Å². The largest absolute Gasteiger partial charge is 0.307 e. The van der Waals surface area contributed by atoms with Crippen molar-refractivity contribution < 1.29 is 0 Å². The molecule has 0 saturated carbocycles. The number of rotatable bonds is 1. The van der Waals surface area contributed by atoms with Crippen LogP contribution in [-0.4, -0.2) is 4.98 Å². The van der Waals surface area contributed by atoms with Crippen LogP contribution in [0.1, 0.15) is 29.4 Å². The Balaban J connectivity index is 2.49. The first-order chi connectivity index (χ1) is 5.81. The summed E-state index contributed by atoms with van der Waals surface area (Å²) in [6.45, 7) is 6.21. The van der Waals surface area contributed by atoms with Gasteiger partial charge in [0.1, 0.15) is 0 Å². The Morgan fingerprint density at radius 2 is 2.33 bits per heavy atom. The molecule has 1 aromatic rings. The van der Waals surface area contributed by atoms with E-state index in [9.17, 15) is 0 Å². The quantitative estimate of drug-likeness (QED) is 0.677. The highest BCUT2D eigenvalue weighted by Gasteiger charge is 2.12. The molecule has 2 heteroatoms. The first-order valence-electron chi connectivity index (χ1n) is 4.50. The third kappa shape index (κ3) is 1.12. The lowest BCUT2D eigenvalue weighted by molar-refractivity contribution is 0.757. The van der Waals surface area contributed by atoms with Gasteiger partial charge in [-0.25, -0.2) is 0 Å². The Morgan fingerprint density at radius 1 is 1.50 bits per heavy atom. The number of nitrogens with zero attached hydrogens (tertiary/aromatic N) is 1. The lowest BCUT2D eigenvalue weighted by atomic mass is 10.1. The van der Waals surface area contributed by atoms with E-state index < -0.39 is 0 Å². The first kappa shape index (κ1) is 7.74. The molecule has 1 aliphatic rings. The molecule has 0 aliphatic carbocycles. The molecular formula is C10H14N2. The Bertz CT molecular complexity index is 304. The number of pyridine rings is 1. The molecule has 64 valence electrons. The normalized spacial score (nSPS) is 14.8. The summed E-state index contributed by atoms with van der Waals surface area (Å²) in [5.41, 5.74) is 5.21. The highest BCUT2D eigenvalue weighted by molar-refractivity contribution is 5.32. The van der Waals surface area contributed by atoms with Crippen LogP contribution >= 0.6 is 0 Å². The van der Waals surface area contributed by atoms with Gasteiger partial charge in [-0.05, 0) is 24.5 Å². The predicted octanol–water partition coefficient (Wildman–Crippen LogP) is 1.56. The average Bonchev–Trinajstić information content (AvgIpc) is 2.49. The SMILES string of the molecule is CCc1cc2c(nc1C)CNC2. The molecular weight excluding hydrogens is 148 g/mol. The van der Waals surface area contributed by atoms with Crippen molar-refractivity contribution in [2.45, 2.75) is 33.4 Å². The van der Waals surface area contributed by atoms with Crippen molar-refractivity contribution in [3.63, 3.8) is 0 Å². The average molecular weight is 162 g/mol. The zero-order valence-electron chi connectivity index (χ0n) is 7.65. The zero-order valence-corrected chi connectivity index (χ0v) is 7.65. The summed E-state index contributed by atoms with van der Waals surface area (Å²) in [4.78, 5) is 4.56. The van der Waals surface area contributed by atoms with Crippen molar-refractivity contribution in [1.82, 2.24) is 10.3 Å². The first-order valence-corrected chi connectivity index (χ1v) is 4.50. The lowest BCUT2D eigenvalue weighted by Crippen LogP contribution is -2.00. The number of aromatic nitrogens is 1. The van der Waals surface area contributed by atoms with Crippen LogP contribution in [0.2, 0.25) is 0 Å². The number of nitrogens with one attached hydrogen (secondary N) is 1. The van der Waals surface area contributed by atoms with Crippen molar-refractivity contribution in [1.29, 1.82) is 0 Å². The molecule has 0 radical (unpaired) electrons. The molecule has 0 unspecified atom stereocenters. The molecule has 0 spiro atoms. The van der Waals surface area contributed by atoms with Gasteiger partial charge < -0.3 is 5.32 Å². The molecule has 2 nitrogen and oxygen atoms in total. The standard InChI is InChI=1S/C10H14N2/c1-3-8-4-9-5-11-6-10(9)12-7(8)2/h4,11H,3,5-6H2,1-2H3. The summed E-state index contributed by atoms with van der Waals surface area (Å²) in [7, 11) is 0. The van der Waals surface area contributed by atoms with Crippen molar-refractivity contribution in [3.8, 4) is 0 Å². The molecule has 0 bridgehead atoms. The third-order valence-corrected chi connectivity index (χ3v) is 2.48. The van der Waals surface area contributed by atoms with Gasteiger partial charge in [-0.15, -0.1) is 0 Å². The van der Waals surface area contributed by atoms with E-state index in [1.54, 1.807) is 0 Å². The van der Waals surface area contributed by atoms with Gasteiger partial charge in [-0.1, -0.05) is 13.0 Å². The second kappa shape index (κ2) is 2.87. The number of hydrogen-bond donors (Lipinski definition) is 1. The summed E-state index contributed by atoms with van der Waals surface area (Å²) in [6, 6.07) is 2.29. The van der Waals surface area contributed by atoms with Gasteiger partial charge in [0.25, 0.3) is 0 Å². The Morgan fingerprint density at radius 3 is 3.08 bits per heavy atom. The Kier molecular flexibility index (Phi) is 1.85. The van der Waals surface area contributed by atoms with Crippen molar-refractivity contribution in [2.24, 2.45) is 0 Å². The highest BCUT2D eigenvalue weighted by atomic mass is 14.9. The molecule has 0 atom stereocenters. The van der Waals surface area contributed by atoms with Crippen molar-refractivity contribution in [2.75, 3.05) is 0 Å². The van der Waals surface area contributed by atoms with Gasteiger partial charge in [-0.3, -0.25) is 4.98 Å². The molecule has 1 aromatic heterocycles. The van der Waals surface area contributed by atoms with E-state index in [2.05, 4.69) is 30.2 Å². The van der Waals surface area contributed by atoms with Crippen LogP contribution in [0.5, 0.6) is 0 Å². The molecule has 2 rings (SSSR count). The van der Waals surface area contributed by atoms with Crippen molar-refractivity contribution >= 4 is 0 Å². The minimum absolute atomic E-state index is 0.945. The number of hydrogen-bond acceptors (Lipinski definition) is 2. The van der Waals surface area contributed by atoms with Crippen LogP contribution in [0.25, 0.3) is 0 Å². The predicted molar refractivity (Wildman–Crippen MR) is 48.9 cm³/mol. The van der Waals surface area contributed by atoms with Gasteiger partial charge >= 0.3 is 0 Å². The summed E-state index contributed by atoms with van der Waals surface area (Å²) in [5, 5.41) is 3.30. The maximum absolute atomic E-state index is 4.56. The fourth-order valence-electron chi connectivity index (χ4n) is 1.72. The van der Waals surface area contributed by atoms with E-state index in [-0.39, 0.29) is 0 Å². The highest BCUT2D eigenvalue weighted by Crippen LogP contribution is 2.17. The number of fused-ring (bicyclic) bond motifs is 1. The van der Waals surface area contributed by atoms with Crippen LogP contribution in [0, 0.1) is 6.92 Å². The Hall–Kier alpha value is -0.890. The molecule has 0 saturated heterocycles.